The van der Waals surface area contributed by atoms with E-state index in [1.165, 1.54) is 30.5 Å². The number of hydrogen-bond donors (Lipinski definition) is 1. The number of ether oxygens (including phenoxy) is 1. The van der Waals surface area contributed by atoms with Gasteiger partial charge in [-0.15, -0.1) is 0 Å². The van der Waals surface area contributed by atoms with E-state index in [1.54, 1.807) is 0 Å². The van der Waals surface area contributed by atoms with Gasteiger partial charge in [-0.1, -0.05) is 18.6 Å². The van der Waals surface area contributed by atoms with Gasteiger partial charge in [-0.3, -0.25) is 4.90 Å². The van der Waals surface area contributed by atoms with Crippen molar-refractivity contribution >= 4 is 0 Å². The third kappa shape index (κ3) is 4.27. The summed E-state index contributed by atoms with van der Waals surface area (Å²) in [6.07, 6.45) is 3.54. The highest BCUT2D eigenvalue weighted by molar-refractivity contribution is 5.20. The van der Waals surface area contributed by atoms with Gasteiger partial charge >= 0.3 is 0 Å². The van der Waals surface area contributed by atoms with Crippen LogP contribution in [0.3, 0.4) is 0 Å². The summed E-state index contributed by atoms with van der Waals surface area (Å²) in [6.45, 7) is 3.03. The molecular weight excluding hydrogens is 245 g/mol. The number of piperidine rings is 1. The maximum Gasteiger partial charge on any atom is 0.123 e. The second-order valence-electron chi connectivity index (χ2n) is 4.94. The Labute approximate surface area is 114 Å². The summed E-state index contributed by atoms with van der Waals surface area (Å²) in [5.74, 6) is -0.183. The van der Waals surface area contributed by atoms with Crippen molar-refractivity contribution in [2.45, 2.75) is 25.3 Å². The van der Waals surface area contributed by atoms with E-state index in [-0.39, 0.29) is 12.4 Å². The number of aliphatic hydroxyl groups is 1. The van der Waals surface area contributed by atoms with E-state index in [9.17, 15) is 4.39 Å². The molecule has 1 aromatic rings. The Morgan fingerprint density at radius 2 is 2.00 bits per heavy atom. The van der Waals surface area contributed by atoms with E-state index in [4.69, 9.17) is 9.84 Å². The lowest BCUT2D eigenvalue weighted by molar-refractivity contribution is 0.0532. The summed E-state index contributed by atoms with van der Waals surface area (Å²) in [5.41, 5.74) is 1.18. The Bertz CT molecular complexity index is 369. The predicted molar refractivity (Wildman–Crippen MR) is 72.5 cm³/mol. The van der Waals surface area contributed by atoms with Gasteiger partial charge in [0.2, 0.25) is 0 Å². The van der Waals surface area contributed by atoms with Gasteiger partial charge < -0.3 is 9.84 Å². The molecule has 1 N–H and O–H groups in total. The lowest BCUT2D eigenvalue weighted by atomic mass is 9.95. The molecule has 1 atom stereocenters. The van der Waals surface area contributed by atoms with E-state index >= 15 is 0 Å². The first kappa shape index (κ1) is 14.4. The summed E-state index contributed by atoms with van der Waals surface area (Å²) in [4.78, 5) is 2.40. The molecule has 0 spiro atoms. The number of benzene rings is 1. The van der Waals surface area contributed by atoms with Crippen LogP contribution in [0.4, 0.5) is 4.39 Å². The molecule has 19 heavy (non-hydrogen) atoms. The summed E-state index contributed by atoms with van der Waals surface area (Å²) < 4.78 is 18.3. The lowest BCUT2D eigenvalue weighted by Crippen LogP contribution is -2.36. The van der Waals surface area contributed by atoms with Crippen LogP contribution >= 0.6 is 0 Å². The first-order valence-electron chi connectivity index (χ1n) is 6.99. The fraction of sp³-hybridized carbons (Fsp3) is 0.600. The maximum atomic E-state index is 13.0. The fourth-order valence-corrected chi connectivity index (χ4v) is 2.67. The van der Waals surface area contributed by atoms with Crippen LogP contribution in [0.2, 0.25) is 0 Å². The molecule has 0 radical (unpaired) electrons. The van der Waals surface area contributed by atoms with Gasteiger partial charge in [0.05, 0.1) is 19.8 Å². The van der Waals surface area contributed by atoms with Gasteiger partial charge in [0.25, 0.3) is 0 Å². The van der Waals surface area contributed by atoms with Gasteiger partial charge in [0, 0.05) is 12.6 Å². The minimum Gasteiger partial charge on any atom is -0.394 e. The molecule has 1 fully saturated rings. The fourth-order valence-electron chi connectivity index (χ4n) is 2.67. The van der Waals surface area contributed by atoms with E-state index in [2.05, 4.69) is 4.90 Å². The molecule has 0 aliphatic carbocycles. The molecule has 0 amide bonds. The summed E-state index contributed by atoms with van der Waals surface area (Å²) in [5, 5.41) is 8.69. The zero-order valence-corrected chi connectivity index (χ0v) is 11.2. The molecule has 4 heteroatoms. The zero-order valence-electron chi connectivity index (χ0n) is 11.2. The Kier molecular flexibility index (Phi) is 5.76. The topological polar surface area (TPSA) is 32.7 Å². The van der Waals surface area contributed by atoms with Gasteiger partial charge in [0.1, 0.15) is 5.82 Å². The monoisotopic (exact) mass is 267 g/mol. The third-order valence-electron chi connectivity index (χ3n) is 3.63. The normalized spacial score (nSPS) is 20.6. The van der Waals surface area contributed by atoms with Gasteiger partial charge in [-0.2, -0.15) is 0 Å². The molecule has 0 bridgehead atoms. The minimum absolute atomic E-state index is 0.0708. The van der Waals surface area contributed by atoms with Gasteiger partial charge in [-0.25, -0.2) is 4.39 Å². The van der Waals surface area contributed by atoms with Crippen molar-refractivity contribution in [3.05, 3.63) is 35.6 Å². The largest absolute Gasteiger partial charge is 0.394 e. The van der Waals surface area contributed by atoms with Crippen LogP contribution in [-0.2, 0) is 4.74 Å². The second-order valence-corrected chi connectivity index (χ2v) is 4.94. The molecule has 1 heterocycles. The molecule has 1 aromatic carbocycles. The first-order chi connectivity index (χ1) is 9.31. The molecule has 2 rings (SSSR count). The molecule has 106 valence electrons. The second kappa shape index (κ2) is 7.58. The highest BCUT2D eigenvalue weighted by Gasteiger charge is 2.23. The van der Waals surface area contributed by atoms with E-state index in [0.717, 1.165) is 19.5 Å². The van der Waals surface area contributed by atoms with E-state index in [0.29, 0.717) is 19.3 Å². The Hall–Kier alpha value is -0.970. The summed E-state index contributed by atoms with van der Waals surface area (Å²) in [7, 11) is 0. The number of likely N-dealkylation sites (tertiary alicyclic amines) is 1. The van der Waals surface area contributed by atoms with Crippen molar-refractivity contribution in [3.8, 4) is 0 Å². The molecule has 3 nitrogen and oxygen atoms in total. The molecular formula is C15H22FNO2. The van der Waals surface area contributed by atoms with Crippen molar-refractivity contribution in [2.24, 2.45) is 0 Å². The first-order valence-corrected chi connectivity index (χ1v) is 6.99. The third-order valence-corrected chi connectivity index (χ3v) is 3.63. The Morgan fingerprint density at radius 1 is 1.21 bits per heavy atom. The minimum atomic E-state index is -0.183. The molecule has 0 aromatic heterocycles. The molecule has 1 aliphatic heterocycles. The lowest BCUT2D eigenvalue weighted by Gasteiger charge is -2.36. The smallest absolute Gasteiger partial charge is 0.123 e. The van der Waals surface area contributed by atoms with E-state index in [1.807, 2.05) is 12.1 Å². The number of nitrogens with zero attached hydrogens (tertiary/aromatic N) is 1. The number of hydrogen-bond acceptors (Lipinski definition) is 3. The van der Waals surface area contributed by atoms with Crippen LogP contribution in [-0.4, -0.2) is 42.9 Å². The van der Waals surface area contributed by atoms with Gasteiger partial charge in [0.15, 0.2) is 0 Å². The van der Waals surface area contributed by atoms with Crippen molar-refractivity contribution in [2.75, 3.05) is 32.9 Å². The number of aliphatic hydroxyl groups excluding tert-OH is 1. The van der Waals surface area contributed by atoms with Crippen molar-refractivity contribution in [3.63, 3.8) is 0 Å². The predicted octanol–water partition coefficient (Wildman–Crippen LogP) is 2.36. The van der Waals surface area contributed by atoms with Gasteiger partial charge in [-0.05, 0) is 37.1 Å². The average molecular weight is 267 g/mol. The molecule has 0 unspecified atom stereocenters. The average Bonchev–Trinajstić information content (AvgIpc) is 2.45. The molecule has 1 aliphatic rings. The number of rotatable bonds is 6. The standard InChI is InChI=1S/C15H22FNO2/c16-14-6-4-13(5-7-14)15-3-1-2-8-17(15)9-11-19-12-10-18/h4-7,15,18H,1-3,8-12H2/t15-/m1/s1. The van der Waals surface area contributed by atoms with Crippen LogP contribution in [0.25, 0.3) is 0 Å². The van der Waals surface area contributed by atoms with Crippen LogP contribution in [0, 0.1) is 5.82 Å². The van der Waals surface area contributed by atoms with E-state index < -0.39 is 0 Å². The highest BCUT2D eigenvalue weighted by Crippen LogP contribution is 2.30. The zero-order chi connectivity index (χ0) is 13.5. The van der Waals surface area contributed by atoms with Crippen LogP contribution in [0.15, 0.2) is 24.3 Å². The van der Waals surface area contributed by atoms with Crippen molar-refractivity contribution in [1.82, 2.24) is 4.90 Å². The maximum absolute atomic E-state index is 13.0. The van der Waals surface area contributed by atoms with Crippen LogP contribution < -0.4 is 0 Å². The SMILES string of the molecule is OCCOCCN1CCCC[C@@H]1c1ccc(F)cc1. The quantitative estimate of drug-likeness (QED) is 0.803. The Morgan fingerprint density at radius 3 is 2.74 bits per heavy atom. The van der Waals surface area contributed by atoms with Crippen molar-refractivity contribution in [1.29, 1.82) is 0 Å². The summed E-state index contributed by atoms with van der Waals surface area (Å²) >= 11 is 0. The van der Waals surface area contributed by atoms with Crippen molar-refractivity contribution < 1.29 is 14.2 Å². The molecule has 1 saturated heterocycles. The Balaban J connectivity index is 1.93. The number of halogens is 1. The highest BCUT2D eigenvalue weighted by atomic mass is 19.1. The van der Waals surface area contributed by atoms with Crippen LogP contribution in [0.1, 0.15) is 30.9 Å². The summed E-state index contributed by atoms with van der Waals surface area (Å²) in [6, 6.07) is 7.20. The van der Waals surface area contributed by atoms with Crippen LogP contribution in [0.5, 0.6) is 0 Å². The molecule has 0 saturated carbocycles.